The second-order valence-corrected chi connectivity index (χ2v) is 6.52. The Labute approximate surface area is 142 Å². The summed E-state index contributed by atoms with van der Waals surface area (Å²) < 4.78 is 0. The molecule has 2 aromatic rings. The van der Waals surface area contributed by atoms with E-state index in [0.29, 0.717) is 11.7 Å². The van der Waals surface area contributed by atoms with Crippen LogP contribution >= 0.6 is 0 Å². The first-order chi connectivity index (χ1) is 11.8. The fourth-order valence-electron chi connectivity index (χ4n) is 3.20. The van der Waals surface area contributed by atoms with Crippen LogP contribution in [0.2, 0.25) is 0 Å². The van der Waals surface area contributed by atoms with Crippen molar-refractivity contribution in [1.82, 2.24) is 25.5 Å². The van der Waals surface area contributed by atoms with Crippen LogP contribution in [0.15, 0.2) is 30.3 Å². The van der Waals surface area contributed by atoms with Gasteiger partial charge in [0.2, 0.25) is 11.7 Å². The molecule has 1 fully saturated rings. The van der Waals surface area contributed by atoms with E-state index >= 15 is 0 Å². The van der Waals surface area contributed by atoms with Crippen LogP contribution < -0.4 is 5.32 Å². The van der Waals surface area contributed by atoms with Gasteiger partial charge in [0.05, 0.1) is 0 Å². The molecule has 1 saturated carbocycles. The summed E-state index contributed by atoms with van der Waals surface area (Å²) in [6, 6.07) is 9.65. The van der Waals surface area contributed by atoms with E-state index in [9.17, 15) is 4.79 Å². The molecule has 0 aliphatic heterocycles. The molecule has 1 aromatic heterocycles. The Hall–Kier alpha value is -2.24. The first-order valence-electron chi connectivity index (χ1n) is 8.91. The molecule has 1 heterocycles. The number of rotatable bonds is 5. The zero-order valence-electron chi connectivity index (χ0n) is 14.0. The van der Waals surface area contributed by atoms with E-state index in [1.54, 1.807) is 0 Å². The molecule has 0 unspecified atom stereocenters. The molecule has 0 atom stereocenters. The fraction of sp³-hybridized carbons (Fsp3) is 0.556. The molecule has 0 bridgehead atoms. The fourth-order valence-corrected chi connectivity index (χ4v) is 3.20. The summed E-state index contributed by atoms with van der Waals surface area (Å²) in [6.07, 6.45) is 9.03. The Balaban J connectivity index is 1.47. The lowest BCUT2D eigenvalue weighted by atomic mass is 9.91. The maximum absolute atomic E-state index is 12.1. The normalized spacial score (nSPS) is 16.3. The van der Waals surface area contributed by atoms with Crippen LogP contribution in [0.3, 0.4) is 0 Å². The summed E-state index contributed by atoms with van der Waals surface area (Å²) >= 11 is 0. The highest BCUT2D eigenvalue weighted by Crippen LogP contribution is 2.21. The van der Waals surface area contributed by atoms with Gasteiger partial charge < -0.3 is 5.32 Å². The molecule has 1 aliphatic rings. The lowest BCUT2D eigenvalue weighted by Crippen LogP contribution is -2.33. The third-order valence-corrected chi connectivity index (χ3v) is 4.58. The second kappa shape index (κ2) is 8.57. The Morgan fingerprint density at radius 3 is 2.54 bits per heavy atom. The molecule has 6 heteroatoms. The van der Waals surface area contributed by atoms with Crippen molar-refractivity contribution in [3.63, 3.8) is 0 Å². The van der Waals surface area contributed by atoms with Crippen molar-refractivity contribution in [3.05, 3.63) is 30.3 Å². The minimum Gasteiger partial charge on any atom is -0.354 e. The van der Waals surface area contributed by atoms with E-state index in [0.717, 1.165) is 12.1 Å². The molecule has 3 rings (SSSR count). The highest BCUT2D eigenvalue weighted by molar-refractivity contribution is 5.75. The first-order valence-corrected chi connectivity index (χ1v) is 8.91. The van der Waals surface area contributed by atoms with Gasteiger partial charge >= 0.3 is 0 Å². The Morgan fingerprint density at radius 2 is 1.79 bits per heavy atom. The molecular formula is C18H25N5O. The minimum absolute atomic E-state index is 0.0472. The molecule has 0 radical (unpaired) electrons. The third-order valence-electron chi connectivity index (χ3n) is 4.58. The van der Waals surface area contributed by atoms with E-state index in [-0.39, 0.29) is 12.5 Å². The number of nitrogens with one attached hydrogen (secondary N) is 1. The van der Waals surface area contributed by atoms with Crippen LogP contribution in [-0.2, 0) is 11.3 Å². The Morgan fingerprint density at radius 1 is 1.08 bits per heavy atom. The maximum Gasteiger partial charge on any atom is 0.243 e. The van der Waals surface area contributed by atoms with Gasteiger partial charge in [0.15, 0.2) is 0 Å². The van der Waals surface area contributed by atoms with Crippen LogP contribution in [0.1, 0.15) is 44.9 Å². The van der Waals surface area contributed by atoms with Crippen LogP contribution in [0.4, 0.5) is 0 Å². The number of carbonyl (C=O) groups is 1. The van der Waals surface area contributed by atoms with Gasteiger partial charge in [0.1, 0.15) is 6.54 Å². The summed E-state index contributed by atoms with van der Waals surface area (Å²) in [6.45, 7) is 0.881. The van der Waals surface area contributed by atoms with E-state index in [2.05, 4.69) is 20.7 Å². The topological polar surface area (TPSA) is 72.7 Å². The van der Waals surface area contributed by atoms with Crippen molar-refractivity contribution < 1.29 is 4.79 Å². The summed E-state index contributed by atoms with van der Waals surface area (Å²) in [4.78, 5) is 13.5. The molecule has 0 saturated heterocycles. The Kier molecular flexibility index (Phi) is 5.93. The lowest BCUT2D eigenvalue weighted by molar-refractivity contribution is -0.122. The predicted octanol–water partition coefficient (Wildman–Crippen LogP) is 2.82. The van der Waals surface area contributed by atoms with Gasteiger partial charge in [-0.15, -0.1) is 10.2 Å². The second-order valence-electron chi connectivity index (χ2n) is 6.52. The number of tetrazole rings is 1. The first kappa shape index (κ1) is 16.6. The van der Waals surface area contributed by atoms with Crippen molar-refractivity contribution in [2.24, 2.45) is 5.92 Å². The lowest BCUT2D eigenvalue weighted by Gasteiger charge is -2.19. The number of hydrogen-bond acceptors (Lipinski definition) is 4. The molecule has 6 nitrogen and oxygen atoms in total. The standard InChI is InChI=1S/C18H25N5O/c24-17(19-13-15-9-5-2-1-3-6-10-15)14-23-21-18(20-22-23)16-11-7-4-8-12-16/h4,7-8,11-12,15H,1-3,5-6,9-10,13-14H2,(H,19,24). The highest BCUT2D eigenvalue weighted by atomic mass is 16.2. The van der Waals surface area contributed by atoms with Crippen molar-refractivity contribution in [2.45, 2.75) is 51.5 Å². The Bertz CT molecular complexity index is 632. The van der Waals surface area contributed by atoms with Crippen molar-refractivity contribution in [3.8, 4) is 11.4 Å². The largest absolute Gasteiger partial charge is 0.354 e. The van der Waals surface area contributed by atoms with Gasteiger partial charge in [0.25, 0.3) is 0 Å². The summed E-state index contributed by atoms with van der Waals surface area (Å²) in [7, 11) is 0. The summed E-state index contributed by atoms with van der Waals surface area (Å²) in [5.41, 5.74) is 0.902. The molecule has 128 valence electrons. The van der Waals surface area contributed by atoms with Crippen LogP contribution in [-0.4, -0.2) is 32.7 Å². The number of amides is 1. The predicted molar refractivity (Wildman–Crippen MR) is 92.1 cm³/mol. The van der Waals surface area contributed by atoms with Gasteiger partial charge in [-0.05, 0) is 24.0 Å². The van der Waals surface area contributed by atoms with Gasteiger partial charge in [-0.25, -0.2) is 0 Å². The number of aromatic nitrogens is 4. The van der Waals surface area contributed by atoms with Gasteiger partial charge in [-0.1, -0.05) is 62.4 Å². The summed E-state index contributed by atoms with van der Waals surface area (Å²) in [5.74, 6) is 1.11. The van der Waals surface area contributed by atoms with Crippen LogP contribution in [0, 0.1) is 5.92 Å². The van der Waals surface area contributed by atoms with Gasteiger partial charge in [-0.2, -0.15) is 4.80 Å². The van der Waals surface area contributed by atoms with E-state index < -0.39 is 0 Å². The average molecular weight is 327 g/mol. The molecule has 1 aliphatic carbocycles. The quantitative estimate of drug-likeness (QED) is 0.916. The number of hydrogen-bond donors (Lipinski definition) is 1. The monoisotopic (exact) mass is 327 g/mol. The number of nitrogens with zero attached hydrogens (tertiary/aromatic N) is 4. The molecular weight excluding hydrogens is 302 g/mol. The molecule has 24 heavy (non-hydrogen) atoms. The maximum atomic E-state index is 12.1. The highest BCUT2D eigenvalue weighted by Gasteiger charge is 2.14. The molecule has 1 aromatic carbocycles. The van der Waals surface area contributed by atoms with E-state index in [1.807, 2.05) is 30.3 Å². The number of benzene rings is 1. The van der Waals surface area contributed by atoms with E-state index in [4.69, 9.17) is 0 Å². The van der Waals surface area contributed by atoms with E-state index in [1.165, 1.54) is 49.7 Å². The minimum atomic E-state index is -0.0472. The van der Waals surface area contributed by atoms with Crippen molar-refractivity contribution in [1.29, 1.82) is 0 Å². The van der Waals surface area contributed by atoms with Gasteiger partial charge in [-0.3, -0.25) is 4.79 Å². The van der Waals surface area contributed by atoms with Gasteiger partial charge in [0, 0.05) is 12.1 Å². The zero-order valence-corrected chi connectivity index (χ0v) is 14.0. The van der Waals surface area contributed by atoms with Crippen LogP contribution in [0.5, 0.6) is 0 Å². The molecule has 1 amide bonds. The molecule has 1 N–H and O–H groups in total. The molecule has 0 spiro atoms. The van der Waals surface area contributed by atoms with Crippen LogP contribution in [0.25, 0.3) is 11.4 Å². The smallest absolute Gasteiger partial charge is 0.243 e. The average Bonchev–Trinajstić information content (AvgIpc) is 3.03. The van der Waals surface area contributed by atoms with Crippen molar-refractivity contribution in [2.75, 3.05) is 6.54 Å². The third kappa shape index (κ3) is 4.88. The summed E-state index contributed by atoms with van der Waals surface area (Å²) in [5, 5.41) is 15.3. The number of carbonyl (C=O) groups excluding carboxylic acids is 1. The van der Waals surface area contributed by atoms with Crippen molar-refractivity contribution >= 4 is 5.91 Å². The SMILES string of the molecule is O=C(Cn1nnc(-c2ccccc2)n1)NCC1CCCCCCC1. The zero-order chi connectivity index (χ0) is 16.6.